The average Bonchev–Trinajstić information content (AvgIpc) is 2.22. The zero-order valence-electron chi connectivity index (χ0n) is 8.95. The summed E-state index contributed by atoms with van der Waals surface area (Å²) in [5.41, 5.74) is 0.419. The van der Waals surface area contributed by atoms with E-state index in [2.05, 4.69) is 0 Å². The summed E-state index contributed by atoms with van der Waals surface area (Å²) in [6.45, 7) is 2.86. The van der Waals surface area contributed by atoms with Crippen LogP contribution in [0.1, 0.15) is 32.6 Å². The summed E-state index contributed by atoms with van der Waals surface area (Å²) in [7, 11) is 0. The molecule has 1 aliphatic heterocycles. The minimum atomic E-state index is -0.353. The fraction of sp³-hybridized carbons (Fsp3) is 0.636. The van der Waals surface area contributed by atoms with Gasteiger partial charge in [-0.15, -0.1) is 0 Å². The minimum Gasteiger partial charge on any atom is -0.500 e. The van der Waals surface area contributed by atoms with Gasteiger partial charge in [0.25, 0.3) is 0 Å². The summed E-state index contributed by atoms with van der Waals surface area (Å²) in [5, 5.41) is 0. The largest absolute Gasteiger partial charge is 0.500 e. The maximum absolute atomic E-state index is 11.3. The number of unbranched alkanes of at least 4 members (excludes halogenated alkanes) is 1. The number of ether oxygens (including phenoxy) is 2. The van der Waals surface area contributed by atoms with E-state index in [1.807, 2.05) is 6.92 Å². The Hall–Kier alpha value is -1.32. The molecule has 0 spiro atoms. The van der Waals surface area contributed by atoms with E-state index in [0.717, 1.165) is 12.8 Å². The lowest BCUT2D eigenvalue weighted by Crippen LogP contribution is -2.16. The third-order valence-electron chi connectivity index (χ3n) is 2.13. The molecule has 0 aromatic heterocycles. The van der Waals surface area contributed by atoms with Crippen LogP contribution in [0.5, 0.6) is 0 Å². The van der Waals surface area contributed by atoms with Gasteiger partial charge >= 0.3 is 5.97 Å². The number of Topliss-reactive ketones (excluding diaryl/α,β-unsaturated/α-hetero) is 1. The minimum absolute atomic E-state index is 0.0197. The molecule has 0 radical (unpaired) electrons. The van der Waals surface area contributed by atoms with Crippen molar-refractivity contribution in [1.82, 2.24) is 0 Å². The number of rotatable bonds is 5. The van der Waals surface area contributed by atoms with E-state index in [-0.39, 0.29) is 18.2 Å². The summed E-state index contributed by atoms with van der Waals surface area (Å²) in [4.78, 5) is 22.6. The van der Waals surface area contributed by atoms with Crippen LogP contribution in [0.3, 0.4) is 0 Å². The van der Waals surface area contributed by atoms with Gasteiger partial charge in [0.2, 0.25) is 0 Å². The number of hydrogen-bond acceptors (Lipinski definition) is 4. The Balaban J connectivity index is 2.30. The van der Waals surface area contributed by atoms with Gasteiger partial charge in [0.05, 0.1) is 25.9 Å². The third-order valence-corrected chi connectivity index (χ3v) is 2.13. The predicted molar refractivity (Wildman–Crippen MR) is 54.1 cm³/mol. The zero-order chi connectivity index (χ0) is 11.1. The van der Waals surface area contributed by atoms with Crippen LogP contribution in [0, 0.1) is 0 Å². The fourth-order valence-electron chi connectivity index (χ4n) is 1.21. The van der Waals surface area contributed by atoms with E-state index in [0.29, 0.717) is 25.2 Å². The molecule has 15 heavy (non-hydrogen) atoms. The molecule has 4 nitrogen and oxygen atoms in total. The van der Waals surface area contributed by atoms with Crippen molar-refractivity contribution in [3.05, 3.63) is 11.8 Å². The molecule has 0 fully saturated rings. The van der Waals surface area contributed by atoms with Crippen molar-refractivity contribution in [2.45, 2.75) is 32.6 Å². The summed E-state index contributed by atoms with van der Waals surface area (Å²) < 4.78 is 9.93. The maximum atomic E-state index is 11.3. The van der Waals surface area contributed by atoms with Gasteiger partial charge in [0.15, 0.2) is 5.78 Å². The van der Waals surface area contributed by atoms with E-state index in [9.17, 15) is 9.59 Å². The van der Waals surface area contributed by atoms with Crippen LogP contribution in [-0.4, -0.2) is 25.0 Å². The van der Waals surface area contributed by atoms with E-state index in [1.54, 1.807) is 0 Å². The standard InChI is InChI=1S/C11H16O4/c1-2-3-5-15-11(13)7-9-8-14-6-4-10(9)12/h8H,2-7H2,1H3. The maximum Gasteiger partial charge on any atom is 0.310 e. The molecule has 0 atom stereocenters. The molecular weight excluding hydrogens is 196 g/mol. The van der Waals surface area contributed by atoms with Crippen molar-refractivity contribution in [3.63, 3.8) is 0 Å². The van der Waals surface area contributed by atoms with Gasteiger partial charge in [0, 0.05) is 12.0 Å². The molecule has 4 heteroatoms. The van der Waals surface area contributed by atoms with Crippen molar-refractivity contribution in [2.24, 2.45) is 0 Å². The molecular formula is C11H16O4. The quantitative estimate of drug-likeness (QED) is 0.513. The molecule has 0 aromatic rings. The number of hydrogen-bond donors (Lipinski definition) is 0. The Kier molecular flexibility index (Phi) is 4.87. The Bertz CT molecular complexity index is 268. The van der Waals surface area contributed by atoms with E-state index in [4.69, 9.17) is 9.47 Å². The van der Waals surface area contributed by atoms with Gasteiger partial charge in [-0.05, 0) is 6.42 Å². The van der Waals surface area contributed by atoms with Crippen molar-refractivity contribution in [3.8, 4) is 0 Å². The lowest BCUT2D eigenvalue weighted by Gasteiger charge is -2.12. The second-order valence-electron chi connectivity index (χ2n) is 3.44. The molecule has 0 saturated heterocycles. The van der Waals surface area contributed by atoms with Crippen LogP contribution in [0.25, 0.3) is 0 Å². The average molecular weight is 212 g/mol. The number of ketones is 1. The van der Waals surface area contributed by atoms with Gasteiger partial charge in [-0.25, -0.2) is 0 Å². The highest BCUT2D eigenvalue weighted by Crippen LogP contribution is 2.12. The molecule has 0 unspecified atom stereocenters. The van der Waals surface area contributed by atoms with Gasteiger partial charge in [-0.2, -0.15) is 0 Å². The fourth-order valence-corrected chi connectivity index (χ4v) is 1.21. The lowest BCUT2D eigenvalue weighted by molar-refractivity contribution is -0.143. The summed E-state index contributed by atoms with van der Waals surface area (Å²) >= 11 is 0. The Morgan fingerprint density at radius 2 is 2.40 bits per heavy atom. The smallest absolute Gasteiger partial charge is 0.310 e. The molecule has 0 bridgehead atoms. The van der Waals surface area contributed by atoms with E-state index < -0.39 is 0 Å². The molecule has 0 amide bonds. The van der Waals surface area contributed by atoms with Gasteiger partial charge in [-0.1, -0.05) is 13.3 Å². The van der Waals surface area contributed by atoms with E-state index >= 15 is 0 Å². The Morgan fingerprint density at radius 3 is 3.07 bits per heavy atom. The first-order valence-electron chi connectivity index (χ1n) is 5.23. The molecule has 0 saturated carbocycles. The monoisotopic (exact) mass is 212 g/mol. The molecule has 1 heterocycles. The highest BCUT2D eigenvalue weighted by Gasteiger charge is 2.18. The number of carbonyl (C=O) groups excluding carboxylic acids is 2. The lowest BCUT2D eigenvalue weighted by atomic mass is 10.1. The topological polar surface area (TPSA) is 52.6 Å². The van der Waals surface area contributed by atoms with Crippen LogP contribution >= 0.6 is 0 Å². The second-order valence-corrected chi connectivity index (χ2v) is 3.44. The molecule has 0 N–H and O–H groups in total. The molecule has 1 rings (SSSR count). The molecule has 0 aliphatic carbocycles. The Labute approximate surface area is 89.2 Å². The van der Waals surface area contributed by atoms with E-state index in [1.165, 1.54) is 6.26 Å². The first-order valence-corrected chi connectivity index (χ1v) is 5.23. The number of carbonyl (C=O) groups is 2. The predicted octanol–water partition coefficient (Wildman–Crippen LogP) is 1.59. The molecule has 84 valence electrons. The zero-order valence-corrected chi connectivity index (χ0v) is 8.95. The van der Waals surface area contributed by atoms with Crippen LogP contribution in [0.15, 0.2) is 11.8 Å². The molecule has 0 aromatic carbocycles. The van der Waals surface area contributed by atoms with Crippen molar-refractivity contribution in [2.75, 3.05) is 13.2 Å². The SMILES string of the molecule is CCCCOC(=O)CC1=COCCC1=O. The third kappa shape index (κ3) is 4.14. The van der Waals surface area contributed by atoms with Crippen molar-refractivity contribution in [1.29, 1.82) is 0 Å². The van der Waals surface area contributed by atoms with Crippen LogP contribution in [0.2, 0.25) is 0 Å². The highest BCUT2D eigenvalue weighted by atomic mass is 16.5. The van der Waals surface area contributed by atoms with Crippen molar-refractivity contribution < 1.29 is 19.1 Å². The highest BCUT2D eigenvalue weighted by molar-refractivity contribution is 5.99. The normalized spacial score (nSPS) is 15.5. The van der Waals surface area contributed by atoms with Gasteiger partial charge < -0.3 is 9.47 Å². The van der Waals surface area contributed by atoms with Gasteiger partial charge in [-0.3, -0.25) is 9.59 Å². The Morgan fingerprint density at radius 1 is 1.60 bits per heavy atom. The first-order chi connectivity index (χ1) is 7.24. The number of esters is 1. The summed E-state index contributed by atoms with van der Waals surface area (Å²) in [6, 6.07) is 0. The summed E-state index contributed by atoms with van der Waals surface area (Å²) in [6.07, 6.45) is 3.59. The first kappa shape index (κ1) is 11.8. The van der Waals surface area contributed by atoms with Crippen LogP contribution in [-0.2, 0) is 19.1 Å². The molecule has 1 aliphatic rings. The summed E-state index contributed by atoms with van der Waals surface area (Å²) in [5.74, 6) is -0.373. The van der Waals surface area contributed by atoms with Crippen LogP contribution in [0.4, 0.5) is 0 Å². The van der Waals surface area contributed by atoms with Crippen molar-refractivity contribution >= 4 is 11.8 Å². The van der Waals surface area contributed by atoms with Crippen LogP contribution < -0.4 is 0 Å². The second kappa shape index (κ2) is 6.22. The van der Waals surface area contributed by atoms with Gasteiger partial charge in [0.1, 0.15) is 0 Å².